The zero-order valence-electron chi connectivity index (χ0n) is 23.8. The van der Waals surface area contributed by atoms with E-state index in [-0.39, 0.29) is 16.8 Å². The van der Waals surface area contributed by atoms with Crippen molar-refractivity contribution in [1.82, 2.24) is 0 Å². The number of benzene rings is 2. The number of carbonyl (C=O) groups is 1. The zero-order valence-corrected chi connectivity index (χ0v) is 25.0. The molecule has 4 bridgehead atoms. The van der Waals surface area contributed by atoms with Crippen LogP contribution in [0.2, 0.25) is 13.1 Å². The normalized spacial score (nSPS) is 27.0. The van der Waals surface area contributed by atoms with Gasteiger partial charge in [0.05, 0.1) is 12.7 Å². The number of hydrogen-bond donors (Lipinski definition) is 0. The van der Waals surface area contributed by atoms with Gasteiger partial charge in [-0.15, -0.1) is 0 Å². The van der Waals surface area contributed by atoms with E-state index in [1.165, 1.54) is 68.1 Å². The van der Waals surface area contributed by atoms with Crippen LogP contribution >= 0.6 is 0 Å². The summed E-state index contributed by atoms with van der Waals surface area (Å²) in [5.74, 6) is 3.53. The van der Waals surface area contributed by atoms with Crippen molar-refractivity contribution in [2.24, 2.45) is 17.8 Å². The summed E-state index contributed by atoms with van der Waals surface area (Å²) in [7, 11) is 0.0665. The molecule has 0 saturated heterocycles. The van der Waals surface area contributed by atoms with Crippen LogP contribution in [0.3, 0.4) is 0 Å². The van der Waals surface area contributed by atoms with E-state index < -0.39 is 9.04 Å². The van der Waals surface area contributed by atoms with Crippen LogP contribution in [0.1, 0.15) is 98.8 Å². The Labute approximate surface area is 225 Å². The van der Waals surface area contributed by atoms with Crippen molar-refractivity contribution in [3.8, 4) is 5.75 Å². The second kappa shape index (κ2) is 9.76. The van der Waals surface area contributed by atoms with E-state index in [0.717, 1.165) is 23.3 Å². The fourth-order valence-electron chi connectivity index (χ4n) is 7.98. The number of rotatable bonds is 6. The lowest BCUT2D eigenvalue weighted by atomic mass is 9.47. The summed E-state index contributed by atoms with van der Waals surface area (Å²) in [4.78, 5) is 11.9. The minimum Gasteiger partial charge on any atom is -0.546 e. The van der Waals surface area contributed by atoms with Crippen LogP contribution in [0, 0.1) is 17.8 Å². The highest BCUT2D eigenvalue weighted by atomic mass is 28.3. The second-order valence-corrected chi connectivity index (χ2v) is 15.8. The highest BCUT2D eigenvalue weighted by Gasteiger charge is 2.54. The number of hydrogen-bond acceptors (Lipinski definition) is 3. The predicted octanol–water partition coefficient (Wildman–Crippen LogP) is 8.16. The Hall–Kier alpha value is -2.33. The lowest BCUT2D eigenvalue weighted by molar-refractivity contribution is -0.00659. The van der Waals surface area contributed by atoms with E-state index in [2.05, 4.69) is 59.0 Å². The van der Waals surface area contributed by atoms with Crippen molar-refractivity contribution in [2.45, 2.75) is 90.1 Å². The summed E-state index contributed by atoms with van der Waals surface area (Å²) in [5, 5.41) is 0. The molecular formula is C33H44O3Si. The van der Waals surface area contributed by atoms with Crippen molar-refractivity contribution in [1.29, 1.82) is 0 Å². The van der Waals surface area contributed by atoms with Gasteiger partial charge in [-0.25, -0.2) is 4.79 Å². The van der Waals surface area contributed by atoms with E-state index in [1.54, 1.807) is 5.56 Å². The first kappa shape index (κ1) is 26.3. The lowest BCUT2D eigenvalue weighted by Gasteiger charge is -2.58. The number of carbonyl (C=O) groups excluding carboxylic acids is 1. The molecule has 0 aliphatic heterocycles. The summed E-state index contributed by atoms with van der Waals surface area (Å²) in [6, 6.07) is 12.4. The average molecular weight is 517 g/mol. The van der Waals surface area contributed by atoms with E-state index in [9.17, 15) is 4.79 Å². The topological polar surface area (TPSA) is 35.5 Å². The molecule has 3 nitrogen and oxygen atoms in total. The highest BCUT2D eigenvalue weighted by Crippen LogP contribution is 2.63. The molecule has 0 N–H and O–H groups in total. The minimum absolute atomic E-state index is 0.0647. The first-order valence-electron chi connectivity index (χ1n) is 14.2. The summed E-state index contributed by atoms with van der Waals surface area (Å²) in [5.41, 5.74) is 7.45. The van der Waals surface area contributed by atoms with Gasteiger partial charge in [-0.3, -0.25) is 0 Å². The number of esters is 1. The summed E-state index contributed by atoms with van der Waals surface area (Å²) in [6.45, 7) is 13.9. The monoisotopic (exact) mass is 516 g/mol. The summed E-state index contributed by atoms with van der Waals surface area (Å²) < 4.78 is 11.8. The molecule has 0 unspecified atom stereocenters. The summed E-state index contributed by atoms with van der Waals surface area (Å²) in [6.07, 6.45) is 10.6. The Morgan fingerprint density at radius 2 is 1.51 bits per heavy atom. The number of ether oxygens (including phenoxy) is 1. The van der Waals surface area contributed by atoms with Crippen molar-refractivity contribution in [3.05, 3.63) is 64.2 Å². The Kier molecular flexibility index (Phi) is 6.93. The maximum Gasteiger partial charge on any atom is 0.337 e. The molecule has 0 amide bonds. The van der Waals surface area contributed by atoms with Gasteiger partial charge in [0.1, 0.15) is 5.75 Å². The molecule has 198 valence electrons. The number of methoxy groups -OCH3 is 1. The van der Waals surface area contributed by atoms with E-state index in [0.29, 0.717) is 5.56 Å². The predicted molar refractivity (Wildman–Crippen MR) is 156 cm³/mol. The summed E-state index contributed by atoms with van der Waals surface area (Å²) >= 11 is 0. The van der Waals surface area contributed by atoms with Crippen LogP contribution in [-0.2, 0) is 15.6 Å². The number of allylic oxidation sites excluding steroid dienone is 1. The Morgan fingerprint density at radius 3 is 2.00 bits per heavy atom. The van der Waals surface area contributed by atoms with Gasteiger partial charge in [-0.2, -0.15) is 0 Å². The molecule has 0 heterocycles. The van der Waals surface area contributed by atoms with E-state index in [4.69, 9.17) is 9.16 Å². The van der Waals surface area contributed by atoms with Gasteiger partial charge in [0.15, 0.2) is 0 Å². The molecule has 2 aromatic carbocycles. The Balaban J connectivity index is 1.65. The maximum atomic E-state index is 11.9. The van der Waals surface area contributed by atoms with E-state index >= 15 is 0 Å². The van der Waals surface area contributed by atoms with Gasteiger partial charge >= 0.3 is 5.97 Å². The molecular weight excluding hydrogens is 472 g/mol. The third-order valence-electron chi connectivity index (χ3n) is 9.03. The van der Waals surface area contributed by atoms with Crippen molar-refractivity contribution < 1.29 is 14.0 Å². The lowest BCUT2D eigenvalue weighted by Crippen LogP contribution is -2.49. The SMILES string of the molecule is COC(=O)c1ccc(/C=C(\C)c2ccc(C(C)(C)C)c(C34CC5CC(CC(C5)C3)C4)c2O[SiH](C)C)cc1. The molecule has 4 heteroatoms. The van der Waals surface area contributed by atoms with Crippen molar-refractivity contribution in [3.63, 3.8) is 0 Å². The quantitative estimate of drug-likeness (QED) is 0.221. The van der Waals surface area contributed by atoms with Gasteiger partial charge in [0, 0.05) is 16.5 Å². The van der Waals surface area contributed by atoms with Crippen LogP contribution in [0.5, 0.6) is 5.75 Å². The van der Waals surface area contributed by atoms with Gasteiger partial charge in [-0.05, 0) is 111 Å². The second-order valence-electron chi connectivity index (χ2n) is 13.4. The molecule has 4 aliphatic rings. The van der Waals surface area contributed by atoms with Crippen LogP contribution < -0.4 is 4.43 Å². The molecule has 0 atom stereocenters. The molecule has 4 aliphatic carbocycles. The van der Waals surface area contributed by atoms with E-state index in [1.807, 2.05) is 24.3 Å². The van der Waals surface area contributed by atoms with Gasteiger partial charge in [0.25, 0.3) is 0 Å². The fraction of sp³-hybridized carbons (Fsp3) is 0.545. The molecule has 0 radical (unpaired) electrons. The molecule has 0 aromatic heterocycles. The maximum absolute atomic E-state index is 11.9. The molecule has 4 saturated carbocycles. The molecule has 6 rings (SSSR count). The molecule has 0 spiro atoms. The van der Waals surface area contributed by atoms with Gasteiger partial charge < -0.3 is 9.16 Å². The van der Waals surface area contributed by atoms with Crippen LogP contribution in [0.25, 0.3) is 11.6 Å². The van der Waals surface area contributed by atoms with Gasteiger partial charge in [0.2, 0.25) is 9.04 Å². The van der Waals surface area contributed by atoms with Crippen LogP contribution in [-0.4, -0.2) is 22.1 Å². The fourth-order valence-corrected chi connectivity index (χ4v) is 8.70. The van der Waals surface area contributed by atoms with Crippen molar-refractivity contribution >= 4 is 26.7 Å². The largest absolute Gasteiger partial charge is 0.546 e. The Morgan fingerprint density at radius 1 is 0.946 bits per heavy atom. The highest BCUT2D eigenvalue weighted by molar-refractivity contribution is 6.49. The van der Waals surface area contributed by atoms with Crippen LogP contribution in [0.4, 0.5) is 0 Å². The minimum atomic E-state index is -1.35. The molecule has 2 aromatic rings. The smallest absolute Gasteiger partial charge is 0.337 e. The third kappa shape index (κ3) is 5.06. The van der Waals surface area contributed by atoms with Crippen LogP contribution in [0.15, 0.2) is 36.4 Å². The molecule has 37 heavy (non-hydrogen) atoms. The van der Waals surface area contributed by atoms with Gasteiger partial charge in [-0.1, -0.05) is 51.1 Å². The zero-order chi connectivity index (χ0) is 26.5. The molecule has 4 fully saturated rings. The third-order valence-corrected chi connectivity index (χ3v) is 9.73. The average Bonchev–Trinajstić information content (AvgIpc) is 2.81. The first-order chi connectivity index (χ1) is 17.5. The Bertz CT molecular complexity index is 1160. The van der Waals surface area contributed by atoms with Crippen molar-refractivity contribution in [2.75, 3.05) is 7.11 Å². The first-order valence-corrected chi connectivity index (χ1v) is 17.0. The standard InChI is InChI=1S/C33H44O3Si/c1-21(14-22-8-10-26(11-9-22)31(34)35-5)27-12-13-28(32(2,3)4)29(30(27)36-37(6)7)33-18-23-15-24(19-33)17-25(16-23)20-33/h8-14,23-25,37H,15-20H2,1-7H3/b21-14+.